The van der Waals surface area contributed by atoms with Crippen molar-refractivity contribution >= 4 is 11.8 Å². The van der Waals surface area contributed by atoms with Gasteiger partial charge in [0.1, 0.15) is 0 Å². The molecule has 2 fully saturated rings. The molecule has 3 heterocycles. The summed E-state index contributed by atoms with van der Waals surface area (Å²) >= 11 is 0. The van der Waals surface area contributed by atoms with Crippen LogP contribution in [0.1, 0.15) is 29.6 Å². The molecule has 1 aromatic heterocycles. The first-order chi connectivity index (χ1) is 12.1. The minimum Gasteiger partial charge on any atom is -0.383 e. The molecular weight excluding hydrogens is 320 g/mol. The zero-order chi connectivity index (χ0) is 17.9. The van der Waals surface area contributed by atoms with E-state index in [2.05, 4.69) is 16.9 Å². The zero-order valence-electron chi connectivity index (χ0n) is 15.2. The number of aromatic nitrogens is 1. The molecule has 2 saturated heterocycles. The molecule has 2 aliphatic heterocycles. The molecule has 1 N–H and O–H groups in total. The molecule has 1 spiro atoms. The summed E-state index contributed by atoms with van der Waals surface area (Å²) in [6.45, 7) is 4.16. The van der Waals surface area contributed by atoms with E-state index in [1.165, 1.54) is 0 Å². The summed E-state index contributed by atoms with van der Waals surface area (Å²) in [5.41, 5.74) is 0.577. The number of likely N-dealkylation sites (N-methyl/N-ethyl adjacent to an activating group) is 1. The highest BCUT2D eigenvalue weighted by Gasteiger charge is 2.43. The van der Waals surface area contributed by atoms with Crippen LogP contribution in [0.4, 0.5) is 0 Å². The summed E-state index contributed by atoms with van der Waals surface area (Å²) < 4.78 is 5.12. The lowest BCUT2D eigenvalue weighted by Crippen LogP contribution is -2.62. The average Bonchev–Trinajstić information content (AvgIpc) is 3.10. The number of carbonyl (C=O) groups is 2. The van der Waals surface area contributed by atoms with Gasteiger partial charge in [-0.15, -0.1) is 0 Å². The van der Waals surface area contributed by atoms with Crippen LogP contribution in [-0.2, 0) is 9.53 Å². The van der Waals surface area contributed by atoms with E-state index in [1.807, 2.05) is 15.9 Å². The quantitative estimate of drug-likeness (QED) is 0.874. The van der Waals surface area contributed by atoms with Gasteiger partial charge in [-0.05, 0) is 26.0 Å². The highest BCUT2D eigenvalue weighted by molar-refractivity contribution is 5.94. The molecule has 3 rings (SSSR count). The van der Waals surface area contributed by atoms with Crippen molar-refractivity contribution in [3.8, 4) is 0 Å². The summed E-state index contributed by atoms with van der Waals surface area (Å²) in [7, 11) is 3.77. The standard InChI is InChI=1S/C18H28N4O3/c1-20-9-10-22(17(24)15-4-7-19-13-15)14-18(20)5-3-16(23)21(8-6-18)11-12-25-2/h4,7,13,19H,3,5-6,8-12,14H2,1-2H3/t18-/m1/s1. The smallest absolute Gasteiger partial charge is 0.255 e. The molecule has 7 heteroatoms. The summed E-state index contributed by atoms with van der Waals surface area (Å²) in [5.74, 6) is 0.261. The van der Waals surface area contributed by atoms with Crippen LogP contribution in [0, 0.1) is 0 Å². The Bertz CT molecular complexity index is 603. The van der Waals surface area contributed by atoms with E-state index in [-0.39, 0.29) is 17.4 Å². The highest BCUT2D eigenvalue weighted by atomic mass is 16.5. The van der Waals surface area contributed by atoms with Crippen molar-refractivity contribution in [3.05, 3.63) is 24.0 Å². The minimum atomic E-state index is -0.123. The molecule has 7 nitrogen and oxygen atoms in total. The lowest BCUT2D eigenvalue weighted by molar-refractivity contribution is -0.131. The van der Waals surface area contributed by atoms with Crippen LogP contribution in [0.2, 0.25) is 0 Å². The first-order valence-corrected chi connectivity index (χ1v) is 8.96. The van der Waals surface area contributed by atoms with E-state index >= 15 is 0 Å². The summed E-state index contributed by atoms with van der Waals surface area (Å²) in [5, 5.41) is 0. The van der Waals surface area contributed by atoms with Crippen LogP contribution in [0.3, 0.4) is 0 Å². The van der Waals surface area contributed by atoms with E-state index in [4.69, 9.17) is 4.74 Å². The number of methoxy groups -OCH3 is 1. The first-order valence-electron chi connectivity index (χ1n) is 8.96. The molecule has 1 atom stereocenters. The number of hydrogen-bond donors (Lipinski definition) is 1. The van der Waals surface area contributed by atoms with Gasteiger partial charge in [0.25, 0.3) is 5.91 Å². The first kappa shape index (κ1) is 17.9. The van der Waals surface area contributed by atoms with Crippen molar-refractivity contribution in [3.63, 3.8) is 0 Å². The Labute approximate surface area is 148 Å². The third-order valence-corrected chi connectivity index (χ3v) is 5.70. The van der Waals surface area contributed by atoms with Crippen LogP contribution in [0.5, 0.6) is 0 Å². The molecule has 0 aromatic carbocycles. The van der Waals surface area contributed by atoms with Crippen molar-refractivity contribution in [2.45, 2.75) is 24.8 Å². The van der Waals surface area contributed by atoms with Crippen molar-refractivity contribution in [1.82, 2.24) is 19.7 Å². The topological polar surface area (TPSA) is 68.9 Å². The Kier molecular flexibility index (Phi) is 5.44. The van der Waals surface area contributed by atoms with Gasteiger partial charge in [0, 0.05) is 64.2 Å². The number of ether oxygens (including phenoxy) is 1. The maximum absolute atomic E-state index is 12.7. The normalized spacial score (nSPS) is 25.4. The fraction of sp³-hybridized carbons (Fsp3) is 0.667. The number of H-pyrrole nitrogens is 1. The number of nitrogens with one attached hydrogen (secondary N) is 1. The molecule has 0 bridgehead atoms. The van der Waals surface area contributed by atoms with Crippen LogP contribution in [0.25, 0.3) is 0 Å². The van der Waals surface area contributed by atoms with Crippen LogP contribution in [-0.4, -0.2) is 90.5 Å². The van der Waals surface area contributed by atoms with Crippen LogP contribution >= 0.6 is 0 Å². The average molecular weight is 348 g/mol. The number of amides is 2. The predicted octanol–water partition coefficient (Wildman–Crippen LogP) is 0.800. The lowest BCUT2D eigenvalue weighted by atomic mass is 9.86. The molecule has 2 aliphatic rings. The number of nitrogens with zero attached hydrogens (tertiary/aromatic N) is 3. The number of hydrogen-bond acceptors (Lipinski definition) is 4. The Balaban J connectivity index is 1.72. The Morgan fingerprint density at radius 1 is 1.32 bits per heavy atom. The number of carbonyl (C=O) groups excluding carboxylic acids is 2. The fourth-order valence-corrected chi connectivity index (χ4v) is 3.94. The van der Waals surface area contributed by atoms with Gasteiger partial charge in [0.05, 0.1) is 12.2 Å². The van der Waals surface area contributed by atoms with Crippen molar-refractivity contribution in [2.24, 2.45) is 0 Å². The number of aromatic amines is 1. The predicted molar refractivity (Wildman–Crippen MR) is 94.4 cm³/mol. The second-order valence-corrected chi connectivity index (χ2v) is 7.10. The van der Waals surface area contributed by atoms with E-state index in [0.29, 0.717) is 31.7 Å². The zero-order valence-corrected chi connectivity index (χ0v) is 15.2. The number of piperazine rings is 1. The minimum absolute atomic E-state index is 0.0699. The molecular formula is C18H28N4O3. The Morgan fingerprint density at radius 3 is 2.88 bits per heavy atom. The number of rotatable bonds is 4. The molecule has 2 amide bonds. The van der Waals surface area contributed by atoms with Crippen molar-refractivity contribution in [1.29, 1.82) is 0 Å². The summed E-state index contributed by atoms with van der Waals surface area (Å²) in [4.78, 5) is 34.3. The second-order valence-electron chi connectivity index (χ2n) is 7.10. The van der Waals surface area contributed by atoms with E-state index in [0.717, 1.165) is 32.5 Å². The van der Waals surface area contributed by atoms with Crippen LogP contribution in [0.15, 0.2) is 18.5 Å². The highest BCUT2D eigenvalue weighted by Crippen LogP contribution is 2.32. The fourth-order valence-electron chi connectivity index (χ4n) is 3.94. The SMILES string of the molecule is COCCN1CC[C@]2(CCC1=O)CN(C(=O)c1cc[nH]c1)CCN2C. The largest absolute Gasteiger partial charge is 0.383 e. The van der Waals surface area contributed by atoms with Crippen molar-refractivity contribution < 1.29 is 14.3 Å². The van der Waals surface area contributed by atoms with Gasteiger partial charge < -0.3 is 19.5 Å². The molecule has 0 unspecified atom stereocenters. The van der Waals surface area contributed by atoms with Gasteiger partial charge in [0.15, 0.2) is 0 Å². The maximum atomic E-state index is 12.7. The molecule has 0 radical (unpaired) electrons. The van der Waals surface area contributed by atoms with Gasteiger partial charge in [-0.2, -0.15) is 0 Å². The maximum Gasteiger partial charge on any atom is 0.255 e. The van der Waals surface area contributed by atoms with Gasteiger partial charge in [-0.25, -0.2) is 0 Å². The third-order valence-electron chi connectivity index (χ3n) is 5.70. The molecule has 1 aromatic rings. The third kappa shape index (κ3) is 3.72. The summed E-state index contributed by atoms with van der Waals surface area (Å²) in [6, 6.07) is 1.82. The Morgan fingerprint density at radius 2 is 2.16 bits per heavy atom. The van der Waals surface area contributed by atoms with E-state index in [9.17, 15) is 9.59 Å². The van der Waals surface area contributed by atoms with Crippen LogP contribution < -0.4 is 0 Å². The monoisotopic (exact) mass is 348 g/mol. The van der Waals surface area contributed by atoms with Crippen molar-refractivity contribution in [2.75, 3.05) is 53.5 Å². The molecule has 25 heavy (non-hydrogen) atoms. The molecule has 138 valence electrons. The van der Waals surface area contributed by atoms with Gasteiger partial charge in [-0.1, -0.05) is 0 Å². The Hall–Kier alpha value is -1.86. The number of likely N-dealkylation sites (tertiary alicyclic amines) is 1. The van der Waals surface area contributed by atoms with E-state index in [1.54, 1.807) is 19.5 Å². The van der Waals surface area contributed by atoms with E-state index < -0.39 is 0 Å². The van der Waals surface area contributed by atoms with Gasteiger partial charge >= 0.3 is 0 Å². The van der Waals surface area contributed by atoms with Gasteiger partial charge in [0.2, 0.25) is 5.91 Å². The molecule has 0 saturated carbocycles. The lowest BCUT2D eigenvalue weighted by Gasteiger charge is -2.49. The molecule has 0 aliphatic carbocycles. The second kappa shape index (κ2) is 7.58. The van der Waals surface area contributed by atoms with Gasteiger partial charge in [-0.3, -0.25) is 14.5 Å². The summed E-state index contributed by atoms with van der Waals surface area (Å²) in [6.07, 6.45) is 5.73.